The maximum atomic E-state index is 10.7. The fourth-order valence-electron chi connectivity index (χ4n) is 1.56. The van der Waals surface area contributed by atoms with Gasteiger partial charge < -0.3 is 15.2 Å². The molecule has 0 aliphatic carbocycles. The maximum absolute atomic E-state index is 10.7. The molecule has 0 aromatic heterocycles. The minimum atomic E-state index is -0.229. The molecule has 0 spiro atoms. The van der Waals surface area contributed by atoms with Crippen molar-refractivity contribution in [1.82, 2.24) is 5.32 Å². The number of nitrogens with one attached hydrogen (secondary N) is 1. The molecule has 0 radical (unpaired) electrons. The van der Waals surface area contributed by atoms with Crippen molar-refractivity contribution in [2.45, 2.75) is 13.3 Å². The number of nitrogens with two attached hydrogens (primary N) is 1. The summed E-state index contributed by atoms with van der Waals surface area (Å²) in [6.45, 7) is 1.87. The van der Waals surface area contributed by atoms with Crippen LogP contribution in [-0.2, 0) is 11.2 Å². The van der Waals surface area contributed by atoms with Gasteiger partial charge in [0, 0.05) is 13.5 Å². The smallest absolute Gasteiger partial charge is 0.223 e. The molecule has 19 heavy (non-hydrogen) atoms. The Hall–Kier alpha value is -2.24. The third kappa shape index (κ3) is 4.87. The second-order valence-corrected chi connectivity index (χ2v) is 3.89. The number of hydrogen-bond donors (Lipinski definition) is 2. The average Bonchev–Trinajstić information content (AvgIpc) is 2.37. The monoisotopic (exact) mass is 265 g/mol. The molecular formula is C13H19N3O3. The predicted octanol–water partition coefficient (Wildman–Crippen LogP) is 0.697. The van der Waals surface area contributed by atoms with Gasteiger partial charge in [-0.1, -0.05) is 6.07 Å². The van der Waals surface area contributed by atoms with Gasteiger partial charge in [0.05, 0.1) is 14.2 Å². The molecule has 1 amide bonds. The fraction of sp³-hybridized carbons (Fsp3) is 0.385. The highest BCUT2D eigenvalue weighted by Gasteiger charge is 2.04. The van der Waals surface area contributed by atoms with Crippen LogP contribution in [0.25, 0.3) is 0 Å². The summed E-state index contributed by atoms with van der Waals surface area (Å²) in [4.78, 5) is 14.8. The van der Waals surface area contributed by atoms with E-state index in [0.29, 0.717) is 24.5 Å². The Kier molecular flexibility index (Phi) is 5.66. The molecule has 0 saturated carbocycles. The van der Waals surface area contributed by atoms with E-state index in [0.717, 1.165) is 5.56 Å². The first-order valence-corrected chi connectivity index (χ1v) is 5.85. The van der Waals surface area contributed by atoms with Crippen molar-refractivity contribution in [3.8, 4) is 11.5 Å². The Labute approximate surface area is 112 Å². The average molecular weight is 265 g/mol. The van der Waals surface area contributed by atoms with Crippen LogP contribution in [0.15, 0.2) is 23.2 Å². The van der Waals surface area contributed by atoms with E-state index >= 15 is 0 Å². The van der Waals surface area contributed by atoms with E-state index in [2.05, 4.69) is 10.3 Å². The van der Waals surface area contributed by atoms with E-state index in [1.807, 2.05) is 18.2 Å². The number of benzene rings is 1. The van der Waals surface area contributed by atoms with Crippen molar-refractivity contribution in [2.75, 3.05) is 20.8 Å². The summed E-state index contributed by atoms with van der Waals surface area (Å²) in [5.74, 6) is 1.27. The summed E-state index contributed by atoms with van der Waals surface area (Å²) in [7, 11) is 3.19. The van der Waals surface area contributed by atoms with E-state index in [9.17, 15) is 4.79 Å². The molecule has 0 bridgehead atoms. The largest absolute Gasteiger partial charge is 0.493 e. The van der Waals surface area contributed by atoms with Gasteiger partial charge in [0.1, 0.15) is 0 Å². The van der Waals surface area contributed by atoms with Gasteiger partial charge in [-0.25, -0.2) is 0 Å². The molecule has 6 heteroatoms. The lowest BCUT2D eigenvalue weighted by molar-refractivity contribution is -0.117. The van der Waals surface area contributed by atoms with Crippen LogP contribution < -0.4 is 20.5 Å². The van der Waals surface area contributed by atoms with Crippen molar-refractivity contribution >= 4 is 11.9 Å². The van der Waals surface area contributed by atoms with Crippen LogP contribution in [0, 0.1) is 0 Å². The zero-order chi connectivity index (χ0) is 14.3. The molecule has 1 rings (SSSR count). The summed E-state index contributed by atoms with van der Waals surface area (Å²) in [6, 6.07) is 5.67. The van der Waals surface area contributed by atoms with Gasteiger partial charge in [-0.3, -0.25) is 15.1 Å². The van der Waals surface area contributed by atoms with Crippen LogP contribution in [0.4, 0.5) is 0 Å². The molecule has 0 atom stereocenters. The molecule has 3 N–H and O–H groups in total. The number of amides is 1. The van der Waals surface area contributed by atoms with Crippen molar-refractivity contribution in [3.63, 3.8) is 0 Å². The SMILES string of the molecule is COc1ccc(CCN=C(N)NC(C)=O)cc1OC. The Morgan fingerprint density at radius 1 is 1.32 bits per heavy atom. The first-order valence-electron chi connectivity index (χ1n) is 5.85. The zero-order valence-electron chi connectivity index (χ0n) is 11.4. The molecule has 0 aliphatic heterocycles. The molecule has 0 aliphatic rings. The number of ether oxygens (including phenoxy) is 2. The second-order valence-electron chi connectivity index (χ2n) is 3.89. The molecule has 1 aromatic carbocycles. The highest BCUT2D eigenvalue weighted by Crippen LogP contribution is 2.27. The van der Waals surface area contributed by atoms with E-state index in [1.165, 1.54) is 6.92 Å². The van der Waals surface area contributed by atoms with Gasteiger partial charge in [-0.05, 0) is 24.1 Å². The molecule has 0 saturated heterocycles. The molecule has 6 nitrogen and oxygen atoms in total. The molecule has 0 heterocycles. The number of guanidine groups is 1. The molecule has 0 fully saturated rings. The molecular weight excluding hydrogens is 246 g/mol. The second kappa shape index (κ2) is 7.25. The van der Waals surface area contributed by atoms with Crippen LogP contribution in [0.5, 0.6) is 11.5 Å². The highest BCUT2D eigenvalue weighted by atomic mass is 16.5. The van der Waals surface area contributed by atoms with Crippen molar-refractivity contribution in [3.05, 3.63) is 23.8 Å². The molecule has 0 unspecified atom stereocenters. The van der Waals surface area contributed by atoms with E-state index in [-0.39, 0.29) is 11.9 Å². The molecule has 104 valence electrons. The zero-order valence-corrected chi connectivity index (χ0v) is 11.4. The topological polar surface area (TPSA) is 85.9 Å². The Bertz CT molecular complexity index is 472. The number of aliphatic imine (C=N–C) groups is 1. The highest BCUT2D eigenvalue weighted by molar-refractivity contribution is 5.94. The van der Waals surface area contributed by atoms with Crippen LogP contribution in [-0.4, -0.2) is 32.6 Å². The van der Waals surface area contributed by atoms with Gasteiger partial charge >= 0.3 is 0 Å². The number of carbonyl (C=O) groups is 1. The first-order chi connectivity index (χ1) is 9.06. The molecule has 1 aromatic rings. The maximum Gasteiger partial charge on any atom is 0.223 e. The number of rotatable bonds is 5. The van der Waals surface area contributed by atoms with Gasteiger partial charge in [0.2, 0.25) is 5.91 Å². The Morgan fingerprint density at radius 2 is 2.00 bits per heavy atom. The van der Waals surface area contributed by atoms with Crippen LogP contribution in [0.3, 0.4) is 0 Å². The lowest BCUT2D eigenvalue weighted by atomic mass is 10.1. The third-order valence-corrected chi connectivity index (χ3v) is 2.43. The Balaban J connectivity index is 2.61. The summed E-state index contributed by atoms with van der Waals surface area (Å²) in [6.07, 6.45) is 0.695. The lowest BCUT2D eigenvalue weighted by Crippen LogP contribution is -2.35. The summed E-state index contributed by atoms with van der Waals surface area (Å²) in [5, 5.41) is 2.41. The quantitative estimate of drug-likeness (QED) is 0.606. The third-order valence-electron chi connectivity index (χ3n) is 2.43. The number of methoxy groups -OCH3 is 2. The lowest BCUT2D eigenvalue weighted by Gasteiger charge is -2.09. The standard InChI is InChI=1S/C13H19N3O3/c1-9(17)16-13(14)15-7-6-10-4-5-11(18-2)12(8-10)19-3/h4-5,8H,6-7H2,1-3H3,(H3,14,15,16,17). The van der Waals surface area contributed by atoms with Crippen LogP contribution in [0.2, 0.25) is 0 Å². The predicted molar refractivity (Wildman–Crippen MR) is 73.6 cm³/mol. The Morgan fingerprint density at radius 3 is 2.58 bits per heavy atom. The van der Waals surface area contributed by atoms with Gasteiger partial charge in [0.25, 0.3) is 0 Å². The van der Waals surface area contributed by atoms with Gasteiger partial charge in [0.15, 0.2) is 17.5 Å². The van der Waals surface area contributed by atoms with E-state index < -0.39 is 0 Å². The van der Waals surface area contributed by atoms with Crippen molar-refractivity contribution in [2.24, 2.45) is 10.7 Å². The van der Waals surface area contributed by atoms with Crippen LogP contribution in [0.1, 0.15) is 12.5 Å². The summed E-state index contributed by atoms with van der Waals surface area (Å²) < 4.78 is 10.4. The van der Waals surface area contributed by atoms with Crippen molar-refractivity contribution in [1.29, 1.82) is 0 Å². The minimum absolute atomic E-state index is 0.132. The fourth-order valence-corrected chi connectivity index (χ4v) is 1.56. The van der Waals surface area contributed by atoms with E-state index in [4.69, 9.17) is 15.2 Å². The minimum Gasteiger partial charge on any atom is -0.493 e. The van der Waals surface area contributed by atoms with Crippen molar-refractivity contribution < 1.29 is 14.3 Å². The van der Waals surface area contributed by atoms with E-state index in [1.54, 1.807) is 14.2 Å². The number of nitrogens with zero attached hydrogens (tertiary/aromatic N) is 1. The normalized spacial score (nSPS) is 11.0. The number of hydrogen-bond acceptors (Lipinski definition) is 4. The summed E-state index contributed by atoms with van der Waals surface area (Å²) in [5.41, 5.74) is 6.57. The van der Waals surface area contributed by atoms with Gasteiger partial charge in [-0.15, -0.1) is 0 Å². The summed E-state index contributed by atoms with van der Waals surface area (Å²) >= 11 is 0. The first kappa shape index (κ1) is 14.8. The van der Waals surface area contributed by atoms with Crippen LogP contribution >= 0.6 is 0 Å². The van der Waals surface area contributed by atoms with Gasteiger partial charge in [-0.2, -0.15) is 0 Å². The number of carbonyl (C=O) groups excluding carboxylic acids is 1.